The van der Waals surface area contributed by atoms with Gasteiger partial charge < -0.3 is 29.2 Å². The summed E-state index contributed by atoms with van der Waals surface area (Å²) < 4.78 is 81.1. The Labute approximate surface area is 339 Å². The predicted molar refractivity (Wildman–Crippen MR) is 213 cm³/mol. The van der Waals surface area contributed by atoms with Crippen LogP contribution < -0.4 is 25.2 Å². The molecule has 20 heteroatoms. The minimum Gasteiger partial charge on any atom is -0.493 e. The van der Waals surface area contributed by atoms with Gasteiger partial charge in [-0.1, -0.05) is 56.7 Å². The van der Waals surface area contributed by atoms with Crippen LogP contribution in [-0.2, 0) is 30.8 Å². The number of ether oxygens (including phenoxy) is 2. The summed E-state index contributed by atoms with van der Waals surface area (Å²) in [5, 5.41) is 7.05. The van der Waals surface area contributed by atoms with Crippen molar-refractivity contribution >= 4 is 39.2 Å². The molecule has 0 bridgehead atoms. The number of aryl methyl sites for hydroxylation is 1. The van der Waals surface area contributed by atoms with Gasteiger partial charge in [-0.15, -0.1) is 5.10 Å². The van der Waals surface area contributed by atoms with Crippen LogP contribution in [0.2, 0.25) is 0 Å². The molecular formula is C40H38F5N9O5S. The second-order valence-electron chi connectivity index (χ2n) is 14.3. The molecule has 314 valence electrons. The molecule has 14 nitrogen and oxygen atoms in total. The SMILES string of the molecule is CCc1c(N2CCN(C(=O)c3ncnc(C)c3OCc3ccccc3)CC2)c(=O)n2nc(-c3ccc4c(c3)CCO4)nc2n1CC(=O)Nc1ccc(S(F)(F)(F)(F)F)cc1. The van der Waals surface area contributed by atoms with Crippen LogP contribution in [-0.4, -0.2) is 78.6 Å². The number of hydrogen-bond donors (Lipinski definition) is 1. The van der Waals surface area contributed by atoms with Gasteiger partial charge in [-0.2, -0.15) is 9.50 Å². The van der Waals surface area contributed by atoms with Crippen molar-refractivity contribution in [3.63, 3.8) is 0 Å². The van der Waals surface area contributed by atoms with E-state index in [1.807, 2.05) is 41.3 Å². The van der Waals surface area contributed by atoms with E-state index < -0.39 is 33.1 Å². The molecule has 0 spiro atoms. The van der Waals surface area contributed by atoms with Crippen molar-refractivity contribution in [3.05, 3.63) is 118 Å². The van der Waals surface area contributed by atoms with E-state index in [-0.39, 0.29) is 91.7 Å². The molecule has 0 unspecified atom stereocenters. The maximum Gasteiger partial charge on any atom is 0.310 e. The fraction of sp³-hybridized carbons (Fsp3) is 0.275. The van der Waals surface area contributed by atoms with E-state index in [0.29, 0.717) is 30.0 Å². The lowest BCUT2D eigenvalue weighted by atomic mass is 10.1. The highest BCUT2D eigenvalue weighted by Crippen LogP contribution is 3.02. The molecule has 1 fully saturated rings. The van der Waals surface area contributed by atoms with E-state index >= 15 is 0 Å². The lowest BCUT2D eigenvalue weighted by Gasteiger charge is -2.40. The van der Waals surface area contributed by atoms with Crippen LogP contribution in [0.25, 0.3) is 17.2 Å². The summed E-state index contributed by atoms with van der Waals surface area (Å²) in [6.45, 7) is 4.55. The molecule has 1 saturated heterocycles. The fourth-order valence-electron chi connectivity index (χ4n) is 7.32. The molecule has 6 aromatic rings. The van der Waals surface area contributed by atoms with Crippen molar-refractivity contribution in [1.29, 1.82) is 0 Å². The number of amides is 2. The van der Waals surface area contributed by atoms with E-state index in [0.717, 1.165) is 33.5 Å². The summed E-state index contributed by atoms with van der Waals surface area (Å²) in [5.41, 5.74) is 2.98. The third-order valence-electron chi connectivity index (χ3n) is 10.3. The third kappa shape index (κ3) is 8.05. The van der Waals surface area contributed by atoms with Crippen molar-refractivity contribution in [1.82, 2.24) is 34.0 Å². The number of nitrogens with zero attached hydrogens (tertiary/aromatic N) is 8. The summed E-state index contributed by atoms with van der Waals surface area (Å²) in [7, 11) is -9.94. The highest BCUT2D eigenvalue weighted by atomic mass is 32.5. The number of halogens is 5. The minimum atomic E-state index is -9.94. The van der Waals surface area contributed by atoms with Crippen molar-refractivity contribution in [3.8, 4) is 22.9 Å². The Bertz CT molecular complexity index is 2710. The zero-order valence-corrected chi connectivity index (χ0v) is 33.1. The lowest BCUT2D eigenvalue weighted by Crippen LogP contribution is -2.51. The van der Waals surface area contributed by atoms with Gasteiger partial charge in [-0.3, -0.25) is 14.4 Å². The Balaban J connectivity index is 1.10. The monoisotopic (exact) mass is 851 g/mol. The quantitative estimate of drug-likeness (QED) is 0.135. The molecule has 3 aromatic heterocycles. The van der Waals surface area contributed by atoms with Crippen LogP contribution in [0, 0.1) is 6.92 Å². The summed E-state index contributed by atoms with van der Waals surface area (Å²) >= 11 is 0. The summed E-state index contributed by atoms with van der Waals surface area (Å²) in [5.74, 6) is 0.102. The van der Waals surface area contributed by atoms with Crippen LogP contribution in [0.1, 0.15) is 39.9 Å². The fourth-order valence-corrected chi connectivity index (χ4v) is 7.97. The van der Waals surface area contributed by atoms with Gasteiger partial charge in [0.2, 0.25) is 11.7 Å². The molecule has 2 amide bonds. The number of nitrogens with one attached hydrogen (secondary N) is 1. The summed E-state index contributed by atoms with van der Waals surface area (Å²) in [4.78, 5) is 56.5. The zero-order chi connectivity index (χ0) is 42.5. The number of carbonyl (C=O) groups excluding carboxylic acids is 2. The first-order valence-electron chi connectivity index (χ1n) is 18.9. The molecular weight excluding hydrogens is 814 g/mol. The second-order valence-corrected chi connectivity index (χ2v) is 16.7. The van der Waals surface area contributed by atoms with Gasteiger partial charge in [-0.25, -0.2) is 9.97 Å². The maximum atomic E-state index is 14.5. The number of anilines is 2. The van der Waals surface area contributed by atoms with Gasteiger partial charge in [0.1, 0.15) is 35.8 Å². The van der Waals surface area contributed by atoms with Crippen molar-refractivity contribution in [2.24, 2.45) is 0 Å². The first-order chi connectivity index (χ1) is 28.5. The molecule has 1 N–H and O–H groups in total. The van der Waals surface area contributed by atoms with Crippen molar-refractivity contribution in [2.75, 3.05) is 43.0 Å². The smallest absolute Gasteiger partial charge is 0.310 e. The first-order valence-corrected chi connectivity index (χ1v) is 20.9. The van der Waals surface area contributed by atoms with Crippen LogP contribution in [0.15, 0.2) is 88.8 Å². The Kier molecular flexibility index (Phi) is 9.79. The van der Waals surface area contributed by atoms with Crippen molar-refractivity contribution in [2.45, 2.75) is 44.7 Å². The van der Waals surface area contributed by atoms with E-state index in [1.165, 1.54) is 10.9 Å². The molecule has 0 atom stereocenters. The molecule has 0 aliphatic carbocycles. The summed E-state index contributed by atoms with van der Waals surface area (Å²) in [6, 6.07) is 16.8. The number of rotatable bonds is 11. The van der Waals surface area contributed by atoms with E-state index in [2.05, 4.69) is 20.4 Å². The van der Waals surface area contributed by atoms with Gasteiger partial charge in [0.15, 0.2) is 17.3 Å². The van der Waals surface area contributed by atoms with Crippen LogP contribution in [0.5, 0.6) is 11.5 Å². The number of benzene rings is 3. The van der Waals surface area contributed by atoms with E-state index in [4.69, 9.17) is 14.5 Å². The van der Waals surface area contributed by atoms with Crippen molar-refractivity contribution < 1.29 is 38.5 Å². The lowest BCUT2D eigenvalue weighted by molar-refractivity contribution is -0.116. The molecule has 2 aliphatic heterocycles. The van der Waals surface area contributed by atoms with Gasteiger partial charge >= 0.3 is 10.2 Å². The molecule has 5 heterocycles. The van der Waals surface area contributed by atoms with Gasteiger partial charge in [0.05, 0.1) is 18.0 Å². The number of hydrogen-bond acceptors (Lipinski definition) is 10. The number of piperazine rings is 1. The largest absolute Gasteiger partial charge is 0.493 e. The molecule has 3 aromatic carbocycles. The zero-order valence-electron chi connectivity index (χ0n) is 32.3. The Morgan fingerprint density at radius 3 is 2.37 bits per heavy atom. The molecule has 0 saturated carbocycles. The molecule has 60 heavy (non-hydrogen) atoms. The second kappa shape index (κ2) is 14.6. The van der Waals surface area contributed by atoms with E-state index in [1.54, 1.807) is 30.9 Å². The average molecular weight is 852 g/mol. The highest BCUT2D eigenvalue weighted by Gasteiger charge is 2.65. The van der Waals surface area contributed by atoms with Gasteiger partial charge in [0.25, 0.3) is 11.5 Å². The molecule has 2 aliphatic rings. The average Bonchev–Trinajstić information content (AvgIpc) is 3.89. The topological polar surface area (TPSA) is 149 Å². The minimum absolute atomic E-state index is 0.0229. The Hall–Kier alpha value is -6.57. The molecule has 8 rings (SSSR count). The van der Waals surface area contributed by atoms with Gasteiger partial charge in [-0.05, 0) is 66.9 Å². The first kappa shape index (κ1) is 40.2. The third-order valence-corrected chi connectivity index (χ3v) is 11.4. The highest BCUT2D eigenvalue weighted by molar-refractivity contribution is 8.45. The predicted octanol–water partition coefficient (Wildman–Crippen LogP) is 6.99. The Morgan fingerprint density at radius 1 is 0.933 bits per heavy atom. The van der Waals surface area contributed by atoms with Gasteiger partial charge in [0, 0.05) is 43.9 Å². The van der Waals surface area contributed by atoms with E-state index in [9.17, 15) is 33.8 Å². The molecule has 0 radical (unpaired) electrons. The number of carbonyl (C=O) groups is 2. The normalized spacial score (nSPS) is 15.2. The standard InChI is InChI=1S/C40H38F5N9O5S/c1-3-31-35(51-16-18-52(19-17-51)38(56)34-36(25(2)46-24-47-34)59-23-26-7-5-4-6-8-26)39(57)54-40(49-37(50-54)28-9-14-32-27(21-28)15-20-58-32)53(31)22-33(55)48-29-10-12-30(13-11-29)60(41,42,43,44)45/h4-14,21,24H,3,15-20,22-23H2,1-2H3,(H,48,55). The summed E-state index contributed by atoms with van der Waals surface area (Å²) in [6.07, 6.45) is 2.20. The maximum absolute atomic E-state index is 14.5. The van der Waals surface area contributed by atoms with Crippen LogP contribution in [0.4, 0.5) is 30.8 Å². The Morgan fingerprint density at radius 2 is 1.67 bits per heavy atom. The van der Waals surface area contributed by atoms with Crippen LogP contribution in [0.3, 0.4) is 0 Å². The number of aromatic nitrogens is 6. The number of fused-ring (bicyclic) bond motifs is 2. The van der Waals surface area contributed by atoms with Crippen LogP contribution >= 0.6 is 10.2 Å².